The minimum Gasteiger partial charge on any atom is -0.292 e. The van der Waals surface area contributed by atoms with Gasteiger partial charge in [-0.2, -0.15) is 18.9 Å². The predicted octanol–water partition coefficient (Wildman–Crippen LogP) is 0.317. The normalized spacial score (nSPS) is 18.2. The molecule has 1 atom stereocenters. The molecule has 0 bridgehead atoms. The number of benzene rings is 1. The Labute approximate surface area is 121 Å². The van der Waals surface area contributed by atoms with E-state index in [-0.39, 0.29) is 5.56 Å². The highest BCUT2D eigenvalue weighted by Gasteiger charge is 2.42. The maximum atomic E-state index is 12.3. The monoisotopic (exact) mass is 298 g/mol. The van der Waals surface area contributed by atoms with Gasteiger partial charge in [-0.1, -0.05) is 30.3 Å². The second kappa shape index (κ2) is 5.53. The molecule has 0 saturated heterocycles. The van der Waals surface area contributed by atoms with Crippen LogP contribution in [-0.4, -0.2) is 24.8 Å². The summed E-state index contributed by atoms with van der Waals surface area (Å²) >= 11 is 0. The minimum absolute atomic E-state index is 0.278. The number of nitrogens with zero attached hydrogens (tertiary/aromatic N) is 2. The Balaban J connectivity index is 2.84. The van der Waals surface area contributed by atoms with Crippen LogP contribution in [0.4, 0.5) is 0 Å². The summed E-state index contributed by atoms with van der Waals surface area (Å²) in [6.07, 6.45) is 0. The van der Waals surface area contributed by atoms with Gasteiger partial charge >= 0.3 is 0 Å². The van der Waals surface area contributed by atoms with E-state index < -0.39 is 43.8 Å². The summed E-state index contributed by atoms with van der Waals surface area (Å²) in [5.41, 5.74) is -1.06. The van der Waals surface area contributed by atoms with Gasteiger partial charge in [0.2, 0.25) is 16.1 Å². The van der Waals surface area contributed by atoms with Crippen molar-refractivity contribution in [2.24, 2.45) is 0 Å². The third-order valence-electron chi connectivity index (χ3n) is 3.01. The van der Waals surface area contributed by atoms with Gasteiger partial charge in [-0.3, -0.25) is 9.59 Å². The average Bonchev–Trinajstić information content (AvgIpc) is 2.48. The number of Topliss-reactive ketones (excluding diaryl/α,β-unsaturated/α-hetero) is 2. The number of nitriles is 2. The van der Waals surface area contributed by atoms with Crippen molar-refractivity contribution in [1.29, 1.82) is 10.5 Å². The minimum atomic E-state index is -2.97. The van der Waals surface area contributed by atoms with Crippen molar-refractivity contribution >= 4 is 26.7 Å². The molecule has 1 aliphatic carbocycles. The molecule has 0 fully saturated rings. The molecule has 0 radical (unpaired) electrons. The molecular formula is C14H6N2O4S. The van der Waals surface area contributed by atoms with Crippen LogP contribution >= 0.6 is 0 Å². The number of allylic oxidation sites excluding steroid dienone is 2. The highest BCUT2D eigenvalue weighted by Crippen LogP contribution is 2.29. The Morgan fingerprint density at radius 2 is 1.52 bits per heavy atom. The fraction of sp³-hybridized carbons (Fsp3) is 0.0714. The van der Waals surface area contributed by atoms with E-state index in [1.165, 1.54) is 24.3 Å². The number of hydrogen-bond acceptors (Lipinski definition) is 6. The molecule has 1 aliphatic rings. The molecule has 102 valence electrons. The molecule has 0 saturated carbocycles. The van der Waals surface area contributed by atoms with Crippen LogP contribution in [0.25, 0.3) is 0 Å². The highest BCUT2D eigenvalue weighted by atomic mass is 32.2. The SMILES string of the molecule is N#CC1=C(C#N)C(=O)C(c2ccccc2)C(=S(=O)=O)C1=O. The zero-order valence-electron chi connectivity index (χ0n) is 10.4. The molecular weight excluding hydrogens is 292 g/mol. The lowest BCUT2D eigenvalue weighted by Gasteiger charge is -2.20. The molecule has 0 amide bonds. The largest absolute Gasteiger partial charge is 0.292 e. The van der Waals surface area contributed by atoms with Crippen molar-refractivity contribution in [2.45, 2.75) is 5.92 Å². The van der Waals surface area contributed by atoms with E-state index in [9.17, 15) is 18.0 Å². The van der Waals surface area contributed by atoms with E-state index in [0.29, 0.717) is 0 Å². The molecule has 0 heterocycles. The molecule has 6 nitrogen and oxygen atoms in total. The summed E-state index contributed by atoms with van der Waals surface area (Å²) in [5.74, 6) is -3.35. The van der Waals surface area contributed by atoms with Crippen LogP contribution in [0.1, 0.15) is 11.5 Å². The Morgan fingerprint density at radius 3 is 2.00 bits per heavy atom. The van der Waals surface area contributed by atoms with Gasteiger partial charge in [0.15, 0.2) is 5.78 Å². The first-order valence-electron chi connectivity index (χ1n) is 5.67. The summed E-state index contributed by atoms with van der Waals surface area (Å²) in [4.78, 5) is 23.7. The second-order valence-corrected chi connectivity index (χ2v) is 5.02. The standard InChI is InChI=1S/C14H6N2O4S/c15-6-9-10(7-16)13(18)14(21(19)20)11(12(9)17)8-4-2-1-3-5-8/h1-5,11H. The van der Waals surface area contributed by atoms with Crippen LogP contribution in [0.3, 0.4) is 0 Å². The number of carbonyl (C=O) groups excluding carboxylic acids is 2. The van der Waals surface area contributed by atoms with Crippen LogP contribution < -0.4 is 0 Å². The van der Waals surface area contributed by atoms with Gasteiger partial charge in [0.25, 0.3) is 0 Å². The molecule has 2 rings (SSSR count). The fourth-order valence-electron chi connectivity index (χ4n) is 2.09. The molecule has 0 spiro atoms. The van der Waals surface area contributed by atoms with Crippen molar-refractivity contribution in [1.82, 2.24) is 0 Å². The summed E-state index contributed by atoms with van der Waals surface area (Å²) in [6.45, 7) is 0. The number of carbonyl (C=O) groups is 2. The summed E-state index contributed by atoms with van der Waals surface area (Å²) in [7, 11) is -2.97. The third kappa shape index (κ3) is 2.27. The van der Waals surface area contributed by atoms with E-state index in [0.717, 1.165) is 0 Å². The van der Waals surface area contributed by atoms with Crippen LogP contribution in [0.2, 0.25) is 0 Å². The third-order valence-corrected chi connectivity index (χ3v) is 3.79. The number of ketones is 2. The second-order valence-electron chi connectivity index (χ2n) is 4.11. The van der Waals surface area contributed by atoms with Crippen molar-refractivity contribution in [3.8, 4) is 12.1 Å². The van der Waals surface area contributed by atoms with Gasteiger partial charge in [0.05, 0.1) is 5.92 Å². The topological polar surface area (TPSA) is 116 Å². The van der Waals surface area contributed by atoms with Crippen molar-refractivity contribution in [3.63, 3.8) is 0 Å². The van der Waals surface area contributed by atoms with Crippen LogP contribution in [0, 0.1) is 22.7 Å². The van der Waals surface area contributed by atoms with E-state index in [1.54, 1.807) is 18.2 Å². The summed E-state index contributed by atoms with van der Waals surface area (Å²) in [5, 5.41) is 17.9. The highest BCUT2D eigenvalue weighted by molar-refractivity contribution is 7.75. The maximum absolute atomic E-state index is 12.3. The first-order valence-corrected chi connectivity index (χ1v) is 6.74. The number of hydrogen-bond donors (Lipinski definition) is 0. The van der Waals surface area contributed by atoms with Crippen LogP contribution in [0.15, 0.2) is 41.5 Å². The van der Waals surface area contributed by atoms with E-state index >= 15 is 0 Å². The smallest absolute Gasteiger partial charge is 0.222 e. The quantitative estimate of drug-likeness (QED) is 0.689. The molecule has 7 heteroatoms. The van der Waals surface area contributed by atoms with Crippen LogP contribution in [-0.2, 0) is 19.9 Å². The first-order chi connectivity index (χ1) is 10.0. The number of rotatable bonds is 1. The van der Waals surface area contributed by atoms with E-state index in [1.807, 2.05) is 0 Å². The van der Waals surface area contributed by atoms with Crippen molar-refractivity contribution in [3.05, 3.63) is 47.0 Å². The van der Waals surface area contributed by atoms with Gasteiger partial charge in [0, 0.05) is 0 Å². The molecule has 21 heavy (non-hydrogen) atoms. The molecule has 1 aromatic carbocycles. The van der Waals surface area contributed by atoms with Crippen LogP contribution in [0.5, 0.6) is 0 Å². The Kier molecular flexibility index (Phi) is 3.79. The molecule has 0 aromatic heterocycles. The maximum Gasteiger partial charge on any atom is 0.222 e. The Morgan fingerprint density at radius 1 is 0.952 bits per heavy atom. The van der Waals surface area contributed by atoms with Crippen molar-refractivity contribution < 1.29 is 18.0 Å². The lowest BCUT2D eigenvalue weighted by atomic mass is 9.79. The zero-order chi connectivity index (χ0) is 15.6. The molecule has 1 unspecified atom stereocenters. The average molecular weight is 298 g/mol. The Bertz CT molecular complexity index is 889. The molecule has 1 aromatic rings. The van der Waals surface area contributed by atoms with Gasteiger partial charge in [-0.25, -0.2) is 0 Å². The van der Waals surface area contributed by atoms with E-state index in [4.69, 9.17) is 10.5 Å². The summed E-state index contributed by atoms with van der Waals surface area (Å²) in [6, 6.07) is 10.7. The Hall–Kier alpha value is -3.03. The molecule has 0 N–H and O–H groups in total. The lowest BCUT2D eigenvalue weighted by Crippen LogP contribution is -2.36. The van der Waals surface area contributed by atoms with Gasteiger partial charge in [0.1, 0.15) is 28.1 Å². The first kappa shape index (κ1) is 14.4. The zero-order valence-corrected chi connectivity index (χ0v) is 11.2. The predicted molar refractivity (Wildman–Crippen MR) is 71.4 cm³/mol. The summed E-state index contributed by atoms with van der Waals surface area (Å²) < 4.78 is 22.7. The van der Waals surface area contributed by atoms with E-state index in [2.05, 4.69) is 0 Å². The van der Waals surface area contributed by atoms with Gasteiger partial charge in [-0.15, -0.1) is 0 Å². The fourth-order valence-corrected chi connectivity index (χ4v) is 2.78. The lowest BCUT2D eigenvalue weighted by molar-refractivity contribution is -0.117. The van der Waals surface area contributed by atoms with Gasteiger partial charge in [-0.05, 0) is 5.56 Å². The molecule has 0 aliphatic heterocycles. The van der Waals surface area contributed by atoms with Gasteiger partial charge < -0.3 is 0 Å². The van der Waals surface area contributed by atoms with Crippen molar-refractivity contribution in [2.75, 3.05) is 0 Å².